The molecule has 0 radical (unpaired) electrons. The van der Waals surface area contributed by atoms with E-state index in [0.717, 1.165) is 24.3 Å². The molecule has 19 heavy (non-hydrogen) atoms. The van der Waals surface area contributed by atoms with Crippen LogP contribution in [-0.4, -0.2) is 11.1 Å². The number of aromatic carboxylic acids is 1. The predicted molar refractivity (Wildman–Crippen MR) is 64.8 cm³/mol. The van der Waals surface area contributed by atoms with Crippen molar-refractivity contribution >= 4 is 17.6 Å². The average molecular weight is 285 g/mol. The van der Waals surface area contributed by atoms with Crippen LogP contribution in [0.25, 0.3) is 0 Å². The molecule has 0 aliphatic carbocycles. The van der Waals surface area contributed by atoms with Crippen LogP contribution in [0.2, 0.25) is 5.02 Å². The number of hydrogen-bond donors (Lipinski definition) is 1. The molecule has 0 aromatic heterocycles. The maximum atomic E-state index is 13.2. The molecule has 0 spiro atoms. The van der Waals surface area contributed by atoms with Crippen LogP contribution in [0, 0.1) is 11.6 Å². The molecule has 0 heterocycles. The fourth-order valence-electron chi connectivity index (χ4n) is 1.43. The number of carbonyl (C=O) groups is 1. The Labute approximate surface area is 112 Å². The van der Waals surface area contributed by atoms with Crippen LogP contribution in [0.15, 0.2) is 36.4 Å². The second kappa shape index (κ2) is 5.24. The molecule has 0 amide bonds. The summed E-state index contributed by atoms with van der Waals surface area (Å²) >= 11 is 5.51. The minimum atomic E-state index is -1.34. The third-order valence-corrected chi connectivity index (χ3v) is 2.60. The summed E-state index contributed by atoms with van der Waals surface area (Å²) in [6.07, 6.45) is 0. The van der Waals surface area contributed by atoms with Gasteiger partial charge in [-0.15, -0.1) is 0 Å². The van der Waals surface area contributed by atoms with Gasteiger partial charge in [0.25, 0.3) is 0 Å². The highest BCUT2D eigenvalue weighted by Gasteiger charge is 2.14. The fraction of sp³-hybridized carbons (Fsp3) is 0. The molecule has 2 aromatic carbocycles. The molecule has 1 N–H and O–H groups in total. The molecule has 0 unspecified atom stereocenters. The van der Waals surface area contributed by atoms with Gasteiger partial charge >= 0.3 is 5.97 Å². The number of carboxylic acid groups (broad SMARTS) is 1. The fourth-order valence-corrected chi connectivity index (χ4v) is 1.54. The average Bonchev–Trinajstić information content (AvgIpc) is 2.36. The molecule has 0 bridgehead atoms. The zero-order chi connectivity index (χ0) is 14.0. The summed E-state index contributed by atoms with van der Waals surface area (Å²) in [4.78, 5) is 10.9. The van der Waals surface area contributed by atoms with Crippen molar-refractivity contribution in [1.82, 2.24) is 0 Å². The second-order valence-corrected chi connectivity index (χ2v) is 4.03. The van der Waals surface area contributed by atoms with Gasteiger partial charge in [-0.3, -0.25) is 0 Å². The van der Waals surface area contributed by atoms with Crippen molar-refractivity contribution in [3.8, 4) is 11.5 Å². The van der Waals surface area contributed by atoms with E-state index < -0.39 is 17.6 Å². The molecule has 2 rings (SSSR count). The maximum Gasteiger partial charge on any atom is 0.339 e. The lowest BCUT2D eigenvalue weighted by molar-refractivity contribution is 0.0693. The van der Waals surface area contributed by atoms with Crippen LogP contribution in [0.5, 0.6) is 11.5 Å². The van der Waals surface area contributed by atoms with E-state index in [2.05, 4.69) is 0 Å². The van der Waals surface area contributed by atoms with Crippen LogP contribution >= 0.6 is 11.6 Å². The molecule has 3 nitrogen and oxygen atoms in total. The van der Waals surface area contributed by atoms with Gasteiger partial charge in [0.15, 0.2) is 0 Å². The van der Waals surface area contributed by atoms with Crippen LogP contribution < -0.4 is 4.74 Å². The zero-order valence-electron chi connectivity index (χ0n) is 9.36. The number of hydrogen-bond acceptors (Lipinski definition) is 2. The Morgan fingerprint density at radius 1 is 1.16 bits per heavy atom. The van der Waals surface area contributed by atoms with Gasteiger partial charge in [-0.2, -0.15) is 0 Å². The Morgan fingerprint density at radius 2 is 1.89 bits per heavy atom. The monoisotopic (exact) mass is 284 g/mol. The van der Waals surface area contributed by atoms with Crippen LogP contribution in [-0.2, 0) is 0 Å². The Kier molecular flexibility index (Phi) is 3.66. The van der Waals surface area contributed by atoms with Crippen molar-refractivity contribution in [2.45, 2.75) is 0 Å². The lowest BCUT2D eigenvalue weighted by atomic mass is 10.2. The highest BCUT2D eigenvalue weighted by atomic mass is 35.5. The molecular formula is C13H7ClF2O3. The predicted octanol–water partition coefficient (Wildman–Crippen LogP) is 4.11. The molecule has 0 aliphatic heterocycles. The molecule has 0 saturated carbocycles. The highest BCUT2D eigenvalue weighted by Crippen LogP contribution is 2.28. The molecule has 0 aliphatic rings. The van der Waals surface area contributed by atoms with Crippen LogP contribution in [0.3, 0.4) is 0 Å². The summed E-state index contributed by atoms with van der Waals surface area (Å²) in [5.41, 5.74) is -0.352. The van der Waals surface area contributed by atoms with Gasteiger partial charge in [0, 0.05) is 6.07 Å². The van der Waals surface area contributed by atoms with E-state index in [1.807, 2.05) is 0 Å². The third-order valence-electron chi connectivity index (χ3n) is 2.29. The second-order valence-electron chi connectivity index (χ2n) is 3.62. The van der Waals surface area contributed by atoms with E-state index in [1.54, 1.807) is 0 Å². The van der Waals surface area contributed by atoms with Crippen molar-refractivity contribution in [1.29, 1.82) is 0 Å². The number of rotatable bonds is 3. The van der Waals surface area contributed by atoms with Gasteiger partial charge in [0.05, 0.1) is 5.02 Å². The van der Waals surface area contributed by atoms with E-state index in [-0.39, 0.29) is 22.1 Å². The number of carboxylic acids is 1. The third kappa shape index (κ3) is 3.00. The van der Waals surface area contributed by atoms with Crippen molar-refractivity contribution in [2.75, 3.05) is 0 Å². The highest BCUT2D eigenvalue weighted by molar-refractivity contribution is 6.30. The van der Waals surface area contributed by atoms with Gasteiger partial charge in [0.2, 0.25) is 0 Å². The van der Waals surface area contributed by atoms with Gasteiger partial charge < -0.3 is 9.84 Å². The Balaban J connectivity index is 2.37. The number of halogens is 3. The quantitative estimate of drug-likeness (QED) is 0.922. The summed E-state index contributed by atoms with van der Waals surface area (Å²) in [5, 5.41) is 8.85. The minimum absolute atomic E-state index is 0.0657. The summed E-state index contributed by atoms with van der Waals surface area (Å²) in [6.45, 7) is 0. The summed E-state index contributed by atoms with van der Waals surface area (Å²) in [5.74, 6) is -2.76. The molecule has 6 heteroatoms. The van der Waals surface area contributed by atoms with Crippen molar-refractivity contribution in [3.63, 3.8) is 0 Å². The Hall–Kier alpha value is -2.14. The first-order valence-electron chi connectivity index (χ1n) is 5.13. The van der Waals surface area contributed by atoms with Gasteiger partial charge in [0.1, 0.15) is 28.7 Å². The number of benzene rings is 2. The summed E-state index contributed by atoms with van der Waals surface area (Å²) < 4.78 is 31.4. The minimum Gasteiger partial charge on any atom is -0.478 e. The van der Waals surface area contributed by atoms with Crippen molar-refractivity contribution in [3.05, 3.63) is 58.6 Å². The maximum absolute atomic E-state index is 13.2. The summed E-state index contributed by atoms with van der Waals surface area (Å²) in [6, 6.07) is 6.69. The van der Waals surface area contributed by atoms with E-state index in [9.17, 15) is 13.6 Å². The molecule has 2 aromatic rings. The van der Waals surface area contributed by atoms with E-state index in [1.165, 1.54) is 12.1 Å². The van der Waals surface area contributed by atoms with Crippen LogP contribution in [0.4, 0.5) is 8.78 Å². The topological polar surface area (TPSA) is 46.5 Å². The van der Waals surface area contributed by atoms with Gasteiger partial charge in [-0.25, -0.2) is 13.6 Å². The Bertz CT molecular complexity index is 644. The molecular weight excluding hydrogens is 278 g/mol. The Morgan fingerprint density at radius 3 is 2.53 bits per heavy atom. The van der Waals surface area contributed by atoms with Gasteiger partial charge in [-0.1, -0.05) is 11.6 Å². The SMILES string of the molecule is O=C(O)c1cc(F)ccc1Oc1ccc(Cl)c(F)c1. The van der Waals surface area contributed by atoms with Crippen LogP contribution in [0.1, 0.15) is 10.4 Å². The van der Waals surface area contributed by atoms with E-state index in [0.29, 0.717) is 0 Å². The number of ether oxygens (including phenoxy) is 1. The smallest absolute Gasteiger partial charge is 0.339 e. The van der Waals surface area contributed by atoms with E-state index in [4.69, 9.17) is 21.4 Å². The normalized spacial score (nSPS) is 10.3. The van der Waals surface area contributed by atoms with Crippen molar-refractivity contribution < 1.29 is 23.4 Å². The first-order chi connectivity index (χ1) is 8.97. The lowest BCUT2D eigenvalue weighted by Gasteiger charge is -2.09. The lowest BCUT2D eigenvalue weighted by Crippen LogP contribution is -2.01. The standard InChI is InChI=1S/C13H7ClF2O3/c14-10-3-2-8(6-11(10)16)19-12-4-1-7(15)5-9(12)13(17)18/h1-6H,(H,17,18). The largest absolute Gasteiger partial charge is 0.478 e. The zero-order valence-corrected chi connectivity index (χ0v) is 10.1. The first kappa shape index (κ1) is 13.3. The van der Waals surface area contributed by atoms with E-state index >= 15 is 0 Å². The van der Waals surface area contributed by atoms with Crippen molar-refractivity contribution in [2.24, 2.45) is 0 Å². The first-order valence-corrected chi connectivity index (χ1v) is 5.51. The molecule has 0 atom stereocenters. The van der Waals surface area contributed by atoms with Gasteiger partial charge in [-0.05, 0) is 30.3 Å². The molecule has 0 saturated heterocycles. The molecule has 0 fully saturated rings. The summed E-state index contributed by atoms with van der Waals surface area (Å²) in [7, 11) is 0. The molecule has 98 valence electrons.